The minimum Gasteiger partial charge on any atom is -0.302 e. The van der Waals surface area contributed by atoms with Crippen molar-refractivity contribution in [2.45, 2.75) is 13.3 Å². The number of anilines is 1. The number of aromatic nitrogens is 1. The lowest BCUT2D eigenvalue weighted by molar-refractivity contribution is -0.115. The van der Waals surface area contributed by atoms with Gasteiger partial charge in [0.05, 0.1) is 0 Å². The minimum atomic E-state index is 0.00113. The van der Waals surface area contributed by atoms with Crippen molar-refractivity contribution in [2.75, 3.05) is 10.6 Å². The van der Waals surface area contributed by atoms with Crippen LogP contribution in [0.15, 0.2) is 6.20 Å². The van der Waals surface area contributed by atoms with E-state index in [4.69, 9.17) is 0 Å². The molecule has 0 saturated heterocycles. The van der Waals surface area contributed by atoms with Gasteiger partial charge in [-0.1, -0.05) is 15.9 Å². The van der Waals surface area contributed by atoms with Crippen LogP contribution in [0.4, 0.5) is 5.13 Å². The third-order valence-electron chi connectivity index (χ3n) is 1.19. The van der Waals surface area contributed by atoms with Gasteiger partial charge in [-0.3, -0.25) is 4.79 Å². The Labute approximate surface area is 83.3 Å². The summed E-state index contributed by atoms with van der Waals surface area (Å²) in [6.07, 6.45) is 2.23. The molecule has 5 heteroatoms. The second-order valence-electron chi connectivity index (χ2n) is 2.26. The van der Waals surface area contributed by atoms with Crippen molar-refractivity contribution in [3.8, 4) is 0 Å². The van der Waals surface area contributed by atoms with Gasteiger partial charge in [0.25, 0.3) is 0 Å². The fraction of sp³-hybridized carbons (Fsp3) is 0.429. The van der Waals surface area contributed by atoms with Crippen molar-refractivity contribution in [1.29, 1.82) is 0 Å². The first-order chi connectivity index (χ1) is 5.72. The van der Waals surface area contributed by atoms with Crippen molar-refractivity contribution < 1.29 is 4.79 Å². The van der Waals surface area contributed by atoms with E-state index in [0.717, 1.165) is 4.88 Å². The monoisotopic (exact) mass is 248 g/mol. The van der Waals surface area contributed by atoms with Crippen LogP contribution in [0.25, 0.3) is 0 Å². The fourth-order valence-electron chi connectivity index (χ4n) is 0.680. The number of nitrogens with one attached hydrogen (secondary N) is 1. The van der Waals surface area contributed by atoms with Gasteiger partial charge < -0.3 is 5.32 Å². The normalized spacial score (nSPS) is 9.83. The van der Waals surface area contributed by atoms with Gasteiger partial charge in [-0.05, 0) is 6.92 Å². The maximum atomic E-state index is 11.0. The molecule has 1 aromatic rings. The first kappa shape index (κ1) is 9.67. The highest BCUT2D eigenvalue weighted by Gasteiger charge is 2.03. The molecule has 0 unspecified atom stereocenters. The van der Waals surface area contributed by atoms with Crippen molar-refractivity contribution in [3.63, 3.8) is 0 Å². The number of nitrogens with zero attached hydrogens (tertiary/aromatic N) is 1. The number of halogens is 1. The smallest absolute Gasteiger partial charge is 0.226 e. The Hall–Kier alpha value is -0.420. The van der Waals surface area contributed by atoms with E-state index in [1.807, 2.05) is 6.92 Å². The summed E-state index contributed by atoms with van der Waals surface area (Å²) in [5.74, 6) is 0.00113. The average molecular weight is 249 g/mol. The number of hydrogen-bond donors (Lipinski definition) is 1. The summed E-state index contributed by atoms with van der Waals surface area (Å²) in [5, 5.41) is 4.06. The van der Waals surface area contributed by atoms with E-state index in [9.17, 15) is 4.79 Å². The van der Waals surface area contributed by atoms with E-state index in [1.165, 1.54) is 11.3 Å². The number of aryl methyl sites for hydroxylation is 1. The Morgan fingerprint density at radius 2 is 2.58 bits per heavy atom. The second-order valence-corrected chi connectivity index (χ2v) is 4.29. The van der Waals surface area contributed by atoms with E-state index >= 15 is 0 Å². The summed E-state index contributed by atoms with van der Waals surface area (Å²) in [6.45, 7) is 1.96. The molecule has 0 fully saturated rings. The van der Waals surface area contributed by atoms with Crippen molar-refractivity contribution in [2.24, 2.45) is 0 Å². The van der Waals surface area contributed by atoms with Crippen LogP contribution in [0.3, 0.4) is 0 Å². The van der Waals surface area contributed by atoms with E-state index in [1.54, 1.807) is 6.20 Å². The average Bonchev–Trinajstić information content (AvgIpc) is 2.36. The number of amides is 1. The maximum Gasteiger partial charge on any atom is 0.226 e. The Kier molecular flexibility index (Phi) is 3.68. The number of hydrogen-bond acceptors (Lipinski definition) is 3. The SMILES string of the molecule is Cc1cnc(NC(=O)CCBr)s1. The molecule has 1 amide bonds. The van der Waals surface area contributed by atoms with Gasteiger partial charge in [-0.25, -0.2) is 4.98 Å². The third kappa shape index (κ3) is 2.91. The quantitative estimate of drug-likeness (QED) is 0.834. The Morgan fingerprint density at radius 3 is 3.08 bits per heavy atom. The molecule has 1 N–H and O–H groups in total. The number of carbonyl (C=O) groups is 1. The molecule has 1 aromatic heterocycles. The Morgan fingerprint density at radius 1 is 1.83 bits per heavy atom. The standard InChI is InChI=1S/C7H9BrN2OS/c1-5-4-9-7(12-5)10-6(11)2-3-8/h4H,2-3H2,1H3,(H,9,10,11). The van der Waals surface area contributed by atoms with Crippen LogP contribution in [-0.4, -0.2) is 16.2 Å². The molecule has 0 bridgehead atoms. The van der Waals surface area contributed by atoms with Crippen LogP contribution in [0.1, 0.15) is 11.3 Å². The molecule has 0 aliphatic heterocycles. The molecule has 0 radical (unpaired) electrons. The lowest BCUT2D eigenvalue weighted by Gasteiger charge is -1.96. The highest BCUT2D eigenvalue weighted by Crippen LogP contribution is 2.16. The summed E-state index contributed by atoms with van der Waals surface area (Å²) in [7, 11) is 0. The first-order valence-electron chi connectivity index (χ1n) is 3.50. The largest absolute Gasteiger partial charge is 0.302 e. The van der Waals surface area contributed by atoms with Crippen LogP contribution in [0.2, 0.25) is 0 Å². The van der Waals surface area contributed by atoms with E-state index < -0.39 is 0 Å². The number of thiazole rings is 1. The van der Waals surface area contributed by atoms with Gasteiger partial charge in [0.2, 0.25) is 5.91 Å². The molecule has 3 nitrogen and oxygen atoms in total. The molecule has 0 aliphatic carbocycles. The number of alkyl halides is 1. The van der Waals surface area contributed by atoms with Gasteiger partial charge in [0.15, 0.2) is 5.13 Å². The Bertz CT molecular complexity index is 274. The fourth-order valence-corrected chi connectivity index (χ4v) is 1.72. The van der Waals surface area contributed by atoms with Gasteiger partial charge in [0.1, 0.15) is 0 Å². The van der Waals surface area contributed by atoms with Gasteiger partial charge in [-0.2, -0.15) is 0 Å². The molecule has 0 aromatic carbocycles. The molecule has 1 heterocycles. The highest BCUT2D eigenvalue weighted by atomic mass is 79.9. The highest BCUT2D eigenvalue weighted by molar-refractivity contribution is 9.09. The lowest BCUT2D eigenvalue weighted by atomic mass is 10.5. The van der Waals surface area contributed by atoms with Crippen LogP contribution in [0.5, 0.6) is 0 Å². The molecular weight excluding hydrogens is 240 g/mol. The molecular formula is C7H9BrN2OS. The van der Waals surface area contributed by atoms with Gasteiger partial charge >= 0.3 is 0 Å². The number of carbonyl (C=O) groups excluding carboxylic acids is 1. The second kappa shape index (κ2) is 4.57. The summed E-state index contributed by atoms with van der Waals surface area (Å²) in [4.78, 5) is 16.2. The maximum absolute atomic E-state index is 11.0. The molecule has 1 rings (SSSR count). The Balaban J connectivity index is 2.46. The lowest BCUT2D eigenvalue weighted by Crippen LogP contribution is -2.10. The molecule has 0 aliphatic rings. The topological polar surface area (TPSA) is 42.0 Å². The zero-order chi connectivity index (χ0) is 8.97. The van der Waals surface area contributed by atoms with Gasteiger partial charge in [-0.15, -0.1) is 11.3 Å². The van der Waals surface area contributed by atoms with E-state index in [-0.39, 0.29) is 5.91 Å². The molecule has 12 heavy (non-hydrogen) atoms. The molecule has 0 atom stereocenters. The van der Waals surface area contributed by atoms with E-state index in [0.29, 0.717) is 16.9 Å². The molecule has 0 saturated carbocycles. The van der Waals surface area contributed by atoms with Crippen LogP contribution < -0.4 is 5.32 Å². The third-order valence-corrected chi connectivity index (χ3v) is 2.41. The summed E-state index contributed by atoms with van der Waals surface area (Å²) >= 11 is 4.67. The van der Waals surface area contributed by atoms with Crippen LogP contribution >= 0.6 is 27.3 Å². The summed E-state index contributed by atoms with van der Waals surface area (Å²) in [6, 6.07) is 0. The van der Waals surface area contributed by atoms with Crippen LogP contribution in [-0.2, 0) is 4.79 Å². The molecule has 66 valence electrons. The predicted molar refractivity (Wildman–Crippen MR) is 53.9 cm³/mol. The van der Waals surface area contributed by atoms with Crippen molar-refractivity contribution in [3.05, 3.63) is 11.1 Å². The zero-order valence-corrected chi connectivity index (χ0v) is 9.04. The van der Waals surface area contributed by atoms with Crippen molar-refractivity contribution >= 4 is 38.3 Å². The predicted octanol–water partition coefficient (Wildman–Crippen LogP) is 2.18. The first-order valence-corrected chi connectivity index (χ1v) is 5.44. The van der Waals surface area contributed by atoms with Gasteiger partial charge in [0, 0.05) is 22.8 Å². The minimum absolute atomic E-state index is 0.00113. The summed E-state index contributed by atoms with van der Waals surface area (Å²) in [5.41, 5.74) is 0. The van der Waals surface area contributed by atoms with E-state index in [2.05, 4.69) is 26.2 Å². The van der Waals surface area contributed by atoms with Crippen LogP contribution in [0, 0.1) is 6.92 Å². The zero-order valence-electron chi connectivity index (χ0n) is 6.63. The van der Waals surface area contributed by atoms with Crippen molar-refractivity contribution in [1.82, 2.24) is 4.98 Å². The summed E-state index contributed by atoms with van der Waals surface area (Å²) < 4.78 is 0. The number of rotatable bonds is 3. The molecule has 0 spiro atoms.